The van der Waals surface area contributed by atoms with E-state index in [2.05, 4.69) is 4.99 Å². The van der Waals surface area contributed by atoms with Gasteiger partial charge in [-0.3, -0.25) is 14.2 Å². The van der Waals surface area contributed by atoms with Crippen molar-refractivity contribution in [1.82, 2.24) is 4.57 Å². The number of hydrogen-bond donors (Lipinski definition) is 1. The van der Waals surface area contributed by atoms with E-state index in [9.17, 15) is 14.4 Å². The lowest BCUT2D eigenvalue weighted by atomic mass is 9.95. The summed E-state index contributed by atoms with van der Waals surface area (Å²) in [5, 5.41) is 0. The molecule has 2 heterocycles. The van der Waals surface area contributed by atoms with Crippen LogP contribution in [-0.4, -0.2) is 42.9 Å². The van der Waals surface area contributed by atoms with Crippen molar-refractivity contribution in [2.45, 2.75) is 39.8 Å². The van der Waals surface area contributed by atoms with E-state index in [-0.39, 0.29) is 30.5 Å². The minimum atomic E-state index is -0.801. The van der Waals surface area contributed by atoms with Gasteiger partial charge in [-0.15, -0.1) is 0 Å². The lowest BCUT2D eigenvalue weighted by molar-refractivity contribution is -0.139. The zero-order valence-electron chi connectivity index (χ0n) is 22.9. The molecule has 0 radical (unpaired) electrons. The molecule has 1 amide bonds. The van der Waals surface area contributed by atoms with Crippen molar-refractivity contribution in [2.75, 3.05) is 20.3 Å². The molecule has 0 saturated heterocycles. The molecule has 0 saturated carbocycles. The van der Waals surface area contributed by atoms with E-state index in [1.165, 1.54) is 23.0 Å². The Morgan fingerprint density at radius 3 is 2.62 bits per heavy atom. The molecule has 3 aromatic rings. The van der Waals surface area contributed by atoms with Crippen molar-refractivity contribution in [3.63, 3.8) is 0 Å². The Morgan fingerprint density at radius 1 is 1.18 bits per heavy atom. The number of methoxy groups -OCH3 is 1. The molecular weight excluding hydrogens is 534 g/mol. The molecule has 210 valence electrons. The number of rotatable bonds is 10. The second-order valence-corrected chi connectivity index (χ2v) is 10.2. The molecule has 0 fully saturated rings. The topological polar surface area (TPSA) is 131 Å². The summed E-state index contributed by atoms with van der Waals surface area (Å²) in [7, 11) is 1.53. The first kappa shape index (κ1) is 28.6. The van der Waals surface area contributed by atoms with Crippen LogP contribution in [0.1, 0.15) is 44.9 Å². The smallest absolute Gasteiger partial charge is 0.338 e. The van der Waals surface area contributed by atoms with Gasteiger partial charge < -0.3 is 24.7 Å². The summed E-state index contributed by atoms with van der Waals surface area (Å²) >= 11 is 1.20. The van der Waals surface area contributed by atoms with Gasteiger partial charge in [0.1, 0.15) is 5.75 Å². The number of aromatic nitrogens is 1. The molecule has 11 heteroatoms. The van der Waals surface area contributed by atoms with Gasteiger partial charge in [-0.1, -0.05) is 29.5 Å². The molecule has 0 spiro atoms. The molecule has 1 aliphatic rings. The summed E-state index contributed by atoms with van der Waals surface area (Å²) < 4.78 is 24.1. The molecule has 0 bridgehead atoms. The number of carbonyl (C=O) groups is 2. The van der Waals surface area contributed by atoms with Crippen LogP contribution in [0.25, 0.3) is 6.08 Å². The second-order valence-electron chi connectivity index (χ2n) is 9.21. The fraction of sp³-hybridized carbons (Fsp3) is 0.310. The highest BCUT2D eigenvalue weighted by atomic mass is 32.1. The SMILES string of the molecule is CCOC(=O)C1=C(C)N=c2sc(=Cc3cccc(OCC(N)=O)c3)c(=O)n2C1c1ccc(OC(C)C)c(OC)c1. The van der Waals surface area contributed by atoms with Gasteiger partial charge in [-0.2, -0.15) is 0 Å². The molecule has 1 atom stereocenters. The van der Waals surface area contributed by atoms with Gasteiger partial charge >= 0.3 is 5.97 Å². The Kier molecular flexibility index (Phi) is 8.73. The van der Waals surface area contributed by atoms with Gasteiger partial charge in [0, 0.05) is 0 Å². The van der Waals surface area contributed by atoms with Crippen molar-refractivity contribution in [3.8, 4) is 17.2 Å². The van der Waals surface area contributed by atoms with Crippen LogP contribution in [0.2, 0.25) is 0 Å². The summed E-state index contributed by atoms with van der Waals surface area (Å²) in [5.41, 5.74) is 6.89. The van der Waals surface area contributed by atoms with Crippen molar-refractivity contribution in [1.29, 1.82) is 0 Å². The average molecular weight is 566 g/mol. The molecule has 2 aromatic carbocycles. The number of nitrogens with zero attached hydrogens (tertiary/aromatic N) is 2. The van der Waals surface area contributed by atoms with Crippen LogP contribution in [0.5, 0.6) is 17.2 Å². The fourth-order valence-electron chi connectivity index (χ4n) is 4.31. The first-order chi connectivity index (χ1) is 19.1. The van der Waals surface area contributed by atoms with Gasteiger partial charge in [0.15, 0.2) is 22.9 Å². The normalized spacial score (nSPS) is 14.9. The van der Waals surface area contributed by atoms with Crippen LogP contribution >= 0.6 is 11.3 Å². The molecular formula is C29H31N3O7S. The summed E-state index contributed by atoms with van der Waals surface area (Å²) in [4.78, 5) is 43.2. The monoisotopic (exact) mass is 565 g/mol. The number of esters is 1. The van der Waals surface area contributed by atoms with Crippen molar-refractivity contribution in [2.24, 2.45) is 10.7 Å². The van der Waals surface area contributed by atoms with Crippen LogP contribution in [0.15, 0.2) is 63.5 Å². The highest BCUT2D eigenvalue weighted by molar-refractivity contribution is 7.07. The number of primary amides is 1. The van der Waals surface area contributed by atoms with Crippen LogP contribution in [0.3, 0.4) is 0 Å². The minimum Gasteiger partial charge on any atom is -0.493 e. The quantitative estimate of drug-likeness (QED) is 0.374. The Balaban J connectivity index is 1.88. The maximum absolute atomic E-state index is 13.9. The van der Waals surface area contributed by atoms with Gasteiger partial charge in [-0.05, 0) is 69.2 Å². The highest BCUT2D eigenvalue weighted by Gasteiger charge is 2.34. The van der Waals surface area contributed by atoms with E-state index in [1.807, 2.05) is 13.8 Å². The van der Waals surface area contributed by atoms with Crippen LogP contribution in [0.4, 0.5) is 0 Å². The van der Waals surface area contributed by atoms with Crippen LogP contribution in [-0.2, 0) is 14.3 Å². The Morgan fingerprint density at radius 2 is 1.95 bits per heavy atom. The molecule has 1 aromatic heterocycles. The number of ether oxygens (including phenoxy) is 4. The largest absolute Gasteiger partial charge is 0.493 e. The fourth-order valence-corrected chi connectivity index (χ4v) is 5.36. The molecule has 10 nitrogen and oxygen atoms in total. The second kappa shape index (κ2) is 12.2. The van der Waals surface area contributed by atoms with E-state index < -0.39 is 17.9 Å². The van der Waals surface area contributed by atoms with Crippen molar-refractivity contribution >= 4 is 29.3 Å². The van der Waals surface area contributed by atoms with Gasteiger partial charge in [0.25, 0.3) is 11.5 Å². The number of carbonyl (C=O) groups excluding carboxylic acids is 2. The Hall–Kier alpha value is -4.38. The summed E-state index contributed by atoms with van der Waals surface area (Å²) in [6.07, 6.45) is 1.64. The number of amides is 1. The van der Waals surface area contributed by atoms with Crippen LogP contribution in [0, 0.1) is 0 Å². The lowest BCUT2D eigenvalue weighted by Crippen LogP contribution is -2.40. The van der Waals surface area contributed by atoms with E-state index in [0.29, 0.717) is 43.4 Å². The predicted molar refractivity (Wildman–Crippen MR) is 150 cm³/mol. The molecule has 1 unspecified atom stereocenters. The third kappa shape index (κ3) is 6.09. The predicted octanol–water partition coefficient (Wildman–Crippen LogP) is 2.46. The zero-order chi connectivity index (χ0) is 29.0. The van der Waals surface area contributed by atoms with Crippen molar-refractivity contribution in [3.05, 3.63) is 84.5 Å². The molecule has 2 N–H and O–H groups in total. The number of benzene rings is 2. The number of nitrogens with two attached hydrogens (primary N) is 1. The highest BCUT2D eigenvalue weighted by Crippen LogP contribution is 2.36. The third-order valence-electron chi connectivity index (χ3n) is 5.92. The van der Waals surface area contributed by atoms with E-state index in [1.54, 1.807) is 62.4 Å². The molecule has 1 aliphatic heterocycles. The van der Waals surface area contributed by atoms with Gasteiger partial charge in [-0.25, -0.2) is 9.79 Å². The summed E-state index contributed by atoms with van der Waals surface area (Å²) in [6.45, 7) is 7.19. The number of fused-ring (bicyclic) bond motifs is 1. The minimum absolute atomic E-state index is 0.0747. The maximum atomic E-state index is 13.9. The lowest BCUT2D eigenvalue weighted by Gasteiger charge is -2.25. The number of thiazole rings is 1. The van der Waals surface area contributed by atoms with Crippen molar-refractivity contribution < 1.29 is 28.5 Å². The zero-order valence-corrected chi connectivity index (χ0v) is 23.7. The van der Waals surface area contributed by atoms with E-state index >= 15 is 0 Å². The Bertz CT molecular complexity index is 1650. The molecule has 0 aliphatic carbocycles. The van der Waals surface area contributed by atoms with Gasteiger partial charge in [0.2, 0.25) is 0 Å². The Labute approximate surface area is 235 Å². The number of allylic oxidation sites excluding steroid dienone is 1. The first-order valence-electron chi connectivity index (χ1n) is 12.7. The molecule has 4 rings (SSSR count). The summed E-state index contributed by atoms with van der Waals surface area (Å²) in [5.74, 6) is 0.314. The van der Waals surface area contributed by atoms with Crippen LogP contribution < -0.4 is 34.8 Å². The number of hydrogen-bond acceptors (Lipinski definition) is 9. The summed E-state index contributed by atoms with van der Waals surface area (Å²) in [6, 6.07) is 11.5. The molecule has 40 heavy (non-hydrogen) atoms. The maximum Gasteiger partial charge on any atom is 0.338 e. The standard InChI is InChI=1S/C29H31N3O7S/c1-6-37-28(35)25-17(4)31-29-32(26(25)19-10-11-21(39-16(2)3)22(14-19)36-5)27(34)23(40-29)13-18-8-7-9-20(12-18)38-15-24(30)33/h7-14,16,26H,6,15H2,1-5H3,(H2,30,33). The van der Waals surface area contributed by atoms with E-state index in [0.717, 1.165) is 0 Å². The van der Waals surface area contributed by atoms with Gasteiger partial charge in [0.05, 0.1) is 41.7 Å². The first-order valence-corrected chi connectivity index (χ1v) is 13.5. The van der Waals surface area contributed by atoms with E-state index in [4.69, 9.17) is 24.7 Å². The average Bonchev–Trinajstić information content (AvgIpc) is 3.21. The third-order valence-corrected chi connectivity index (χ3v) is 6.90.